The van der Waals surface area contributed by atoms with E-state index in [2.05, 4.69) is 22.3 Å². The average Bonchev–Trinajstić information content (AvgIpc) is 2.30. The summed E-state index contributed by atoms with van der Waals surface area (Å²) in [5, 5.41) is 3.32. The standard InChI is InChI=1S/C12H17N3O/c13-12(16)9-10-1-3-11(4-2-10)15-7-5-14-6-8-15/h1-4,14H,5-9H2,(H2,13,16). The predicted molar refractivity (Wildman–Crippen MR) is 64.4 cm³/mol. The molecule has 1 heterocycles. The van der Waals surface area contributed by atoms with Crippen molar-refractivity contribution in [1.29, 1.82) is 0 Å². The predicted octanol–water partition coefficient (Wildman–Crippen LogP) is 0.124. The lowest BCUT2D eigenvalue weighted by Crippen LogP contribution is -2.43. The molecule has 4 heteroatoms. The lowest BCUT2D eigenvalue weighted by molar-refractivity contribution is -0.117. The number of hydrogen-bond donors (Lipinski definition) is 2. The molecule has 0 bridgehead atoms. The van der Waals surface area contributed by atoms with E-state index in [1.54, 1.807) is 0 Å². The van der Waals surface area contributed by atoms with Gasteiger partial charge in [0.1, 0.15) is 0 Å². The summed E-state index contributed by atoms with van der Waals surface area (Å²) in [6.45, 7) is 4.14. The zero-order chi connectivity index (χ0) is 11.4. The van der Waals surface area contributed by atoms with Gasteiger partial charge in [0.15, 0.2) is 0 Å². The topological polar surface area (TPSA) is 58.4 Å². The Morgan fingerprint density at radius 2 is 1.88 bits per heavy atom. The van der Waals surface area contributed by atoms with Gasteiger partial charge in [0.25, 0.3) is 0 Å². The molecule has 86 valence electrons. The molecular weight excluding hydrogens is 202 g/mol. The van der Waals surface area contributed by atoms with Crippen molar-refractivity contribution in [3.8, 4) is 0 Å². The molecule has 4 nitrogen and oxygen atoms in total. The number of anilines is 1. The van der Waals surface area contributed by atoms with Crippen LogP contribution in [0, 0.1) is 0 Å². The first-order valence-corrected chi connectivity index (χ1v) is 5.58. The van der Waals surface area contributed by atoms with Gasteiger partial charge in [0.05, 0.1) is 6.42 Å². The third-order valence-electron chi connectivity index (χ3n) is 2.80. The maximum absolute atomic E-state index is 10.8. The fraction of sp³-hybridized carbons (Fsp3) is 0.417. The molecule has 0 spiro atoms. The molecule has 0 unspecified atom stereocenters. The van der Waals surface area contributed by atoms with Gasteiger partial charge in [0.2, 0.25) is 5.91 Å². The number of hydrogen-bond acceptors (Lipinski definition) is 3. The molecule has 0 aliphatic carbocycles. The summed E-state index contributed by atoms with van der Waals surface area (Å²) in [5.74, 6) is -0.282. The number of piperazine rings is 1. The number of nitrogens with one attached hydrogen (secondary N) is 1. The fourth-order valence-electron chi connectivity index (χ4n) is 1.95. The van der Waals surface area contributed by atoms with Gasteiger partial charge < -0.3 is 16.0 Å². The molecular formula is C12H17N3O. The van der Waals surface area contributed by atoms with E-state index in [0.717, 1.165) is 31.7 Å². The fourth-order valence-corrected chi connectivity index (χ4v) is 1.95. The Kier molecular flexibility index (Phi) is 3.41. The normalized spacial score (nSPS) is 16.1. The van der Waals surface area contributed by atoms with Crippen LogP contribution < -0.4 is 16.0 Å². The van der Waals surface area contributed by atoms with E-state index < -0.39 is 0 Å². The third-order valence-corrected chi connectivity index (χ3v) is 2.80. The number of nitrogens with zero attached hydrogens (tertiary/aromatic N) is 1. The van der Waals surface area contributed by atoms with Crippen LogP contribution in [0.25, 0.3) is 0 Å². The van der Waals surface area contributed by atoms with Crippen molar-refractivity contribution in [2.24, 2.45) is 5.73 Å². The first-order valence-electron chi connectivity index (χ1n) is 5.58. The van der Waals surface area contributed by atoms with Crippen molar-refractivity contribution in [2.75, 3.05) is 31.1 Å². The molecule has 1 fully saturated rings. The number of benzene rings is 1. The van der Waals surface area contributed by atoms with Crippen molar-refractivity contribution in [1.82, 2.24) is 5.32 Å². The van der Waals surface area contributed by atoms with Crippen molar-refractivity contribution in [2.45, 2.75) is 6.42 Å². The number of carbonyl (C=O) groups excluding carboxylic acids is 1. The van der Waals surface area contributed by atoms with Gasteiger partial charge in [-0.1, -0.05) is 12.1 Å². The van der Waals surface area contributed by atoms with Crippen LogP contribution in [0.4, 0.5) is 5.69 Å². The second kappa shape index (κ2) is 4.99. The number of rotatable bonds is 3. The van der Waals surface area contributed by atoms with Gasteiger partial charge in [-0.2, -0.15) is 0 Å². The third kappa shape index (κ3) is 2.73. The maximum Gasteiger partial charge on any atom is 0.221 e. The lowest BCUT2D eigenvalue weighted by atomic mass is 10.1. The molecule has 3 N–H and O–H groups in total. The zero-order valence-corrected chi connectivity index (χ0v) is 9.28. The molecule has 1 saturated heterocycles. The van der Waals surface area contributed by atoms with Crippen LogP contribution in [0.5, 0.6) is 0 Å². The van der Waals surface area contributed by atoms with E-state index in [4.69, 9.17) is 5.73 Å². The first kappa shape index (κ1) is 11.0. The minimum atomic E-state index is -0.282. The van der Waals surface area contributed by atoms with Gasteiger partial charge >= 0.3 is 0 Å². The number of nitrogens with two attached hydrogens (primary N) is 1. The van der Waals surface area contributed by atoms with Crippen LogP contribution >= 0.6 is 0 Å². The van der Waals surface area contributed by atoms with Crippen molar-refractivity contribution < 1.29 is 4.79 Å². The summed E-state index contributed by atoms with van der Waals surface area (Å²) in [7, 11) is 0. The van der Waals surface area contributed by atoms with E-state index >= 15 is 0 Å². The van der Waals surface area contributed by atoms with E-state index in [1.165, 1.54) is 5.69 Å². The summed E-state index contributed by atoms with van der Waals surface area (Å²) in [6, 6.07) is 8.07. The molecule has 0 radical (unpaired) electrons. The summed E-state index contributed by atoms with van der Waals surface area (Å²) in [6.07, 6.45) is 0.321. The summed E-state index contributed by atoms with van der Waals surface area (Å²) in [4.78, 5) is 13.1. The van der Waals surface area contributed by atoms with E-state index in [9.17, 15) is 4.79 Å². The Labute approximate surface area is 95.4 Å². The monoisotopic (exact) mass is 219 g/mol. The van der Waals surface area contributed by atoms with Crippen LogP contribution in [0.15, 0.2) is 24.3 Å². The molecule has 1 aliphatic heterocycles. The van der Waals surface area contributed by atoms with Crippen molar-refractivity contribution in [3.05, 3.63) is 29.8 Å². The smallest absolute Gasteiger partial charge is 0.221 e. The van der Waals surface area contributed by atoms with Crippen molar-refractivity contribution >= 4 is 11.6 Å². The minimum Gasteiger partial charge on any atom is -0.369 e. The zero-order valence-electron chi connectivity index (χ0n) is 9.28. The molecule has 1 aliphatic rings. The summed E-state index contributed by atoms with van der Waals surface area (Å²) in [5.41, 5.74) is 7.34. The SMILES string of the molecule is NC(=O)Cc1ccc(N2CCNCC2)cc1. The van der Waals surface area contributed by atoms with E-state index in [1.807, 2.05) is 12.1 Å². The summed E-state index contributed by atoms with van der Waals surface area (Å²) >= 11 is 0. The van der Waals surface area contributed by atoms with Crippen LogP contribution in [-0.4, -0.2) is 32.1 Å². The number of amides is 1. The Balaban J connectivity index is 2.03. The number of carbonyl (C=O) groups is 1. The molecule has 0 atom stereocenters. The van der Waals surface area contributed by atoms with Gasteiger partial charge in [-0.15, -0.1) is 0 Å². The maximum atomic E-state index is 10.8. The quantitative estimate of drug-likeness (QED) is 0.759. The highest BCUT2D eigenvalue weighted by atomic mass is 16.1. The molecule has 1 amide bonds. The Bertz CT molecular complexity index is 355. The molecule has 1 aromatic carbocycles. The lowest BCUT2D eigenvalue weighted by Gasteiger charge is -2.29. The van der Waals surface area contributed by atoms with Gasteiger partial charge in [-0.3, -0.25) is 4.79 Å². The van der Waals surface area contributed by atoms with Gasteiger partial charge in [0, 0.05) is 31.9 Å². The molecule has 1 aromatic rings. The number of primary amides is 1. The summed E-state index contributed by atoms with van der Waals surface area (Å²) < 4.78 is 0. The molecule has 2 rings (SSSR count). The molecule has 16 heavy (non-hydrogen) atoms. The van der Waals surface area contributed by atoms with Gasteiger partial charge in [-0.25, -0.2) is 0 Å². The second-order valence-electron chi connectivity index (χ2n) is 4.05. The second-order valence-corrected chi connectivity index (χ2v) is 4.05. The molecule has 0 saturated carbocycles. The molecule has 0 aromatic heterocycles. The highest BCUT2D eigenvalue weighted by molar-refractivity contribution is 5.76. The average molecular weight is 219 g/mol. The first-order chi connectivity index (χ1) is 7.75. The van der Waals surface area contributed by atoms with Crippen LogP contribution in [0.3, 0.4) is 0 Å². The Hall–Kier alpha value is -1.55. The van der Waals surface area contributed by atoms with Crippen molar-refractivity contribution in [3.63, 3.8) is 0 Å². The van der Waals surface area contributed by atoms with Gasteiger partial charge in [-0.05, 0) is 17.7 Å². The highest BCUT2D eigenvalue weighted by Gasteiger charge is 2.09. The van der Waals surface area contributed by atoms with Crippen LogP contribution in [0.1, 0.15) is 5.56 Å². The Morgan fingerprint density at radius 1 is 1.25 bits per heavy atom. The van der Waals surface area contributed by atoms with Crippen LogP contribution in [-0.2, 0) is 11.2 Å². The van der Waals surface area contributed by atoms with E-state index in [-0.39, 0.29) is 5.91 Å². The largest absolute Gasteiger partial charge is 0.369 e. The highest BCUT2D eigenvalue weighted by Crippen LogP contribution is 2.15. The Morgan fingerprint density at radius 3 is 2.44 bits per heavy atom. The minimum absolute atomic E-state index is 0.282. The van der Waals surface area contributed by atoms with Crippen LogP contribution in [0.2, 0.25) is 0 Å². The van der Waals surface area contributed by atoms with E-state index in [0.29, 0.717) is 6.42 Å².